The van der Waals surface area contributed by atoms with E-state index in [0.29, 0.717) is 16.7 Å². The molecule has 0 heterocycles. The molecule has 214 valence electrons. The first kappa shape index (κ1) is 30.6. The van der Waals surface area contributed by atoms with Crippen LogP contribution in [-0.4, -0.2) is 44.7 Å². The zero-order chi connectivity index (χ0) is 30.2. The number of benzene rings is 3. The maximum absolute atomic E-state index is 14.0. The summed E-state index contributed by atoms with van der Waals surface area (Å²) < 4.78 is 5.38. The smallest absolute Gasteiger partial charge is 0.408 e. The number of hydrogen-bond donors (Lipinski definition) is 4. The molecule has 0 aliphatic heterocycles. The number of terminal acetylenes is 1. The maximum Gasteiger partial charge on any atom is 0.408 e. The average Bonchev–Trinajstić information content (AvgIpc) is 2.92. The number of phenolic OH excluding ortho intramolecular Hbond substituents is 2. The van der Waals surface area contributed by atoms with E-state index in [9.17, 15) is 24.6 Å². The first-order chi connectivity index (χ1) is 19.4. The lowest BCUT2D eigenvalue weighted by molar-refractivity contribution is -0.138. The van der Waals surface area contributed by atoms with Gasteiger partial charge in [-0.1, -0.05) is 55.0 Å². The third-order valence-corrected chi connectivity index (χ3v) is 6.09. The number of carbonyl (C=O) groups is 3. The van der Waals surface area contributed by atoms with Crippen LogP contribution < -0.4 is 10.6 Å². The van der Waals surface area contributed by atoms with E-state index in [1.165, 1.54) is 24.3 Å². The second-order valence-corrected chi connectivity index (χ2v) is 10.6. The minimum Gasteiger partial charge on any atom is -0.508 e. The molecule has 0 saturated heterocycles. The van der Waals surface area contributed by atoms with E-state index in [1.54, 1.807) is 45.9 Å². The highest BCUT2D eigenvalue weighted by atomic mass is 16.6. The molecule has 0 aromatic heterocycles. The Hall–Kier alpha value is -4.97. The van der Waals surface area contributed by atoms with E-state index >= 15 is 0 Å². The van der Waals surface area contributed by atoms with Crippen LogP contribution in [0.15, 0.2) is 72.8 Å². The largest absolute Gasteiger partial charge is 0.508 e. The average molecular weight is 558 g/mol. The molecular weight excluding hydrogens is 522 g/mol. The second-order valence-electron chi connectivity index (χ2n) is 10.6. The Bertz CT molecular complexity index is 1410. The van der Waals surface area contributed by atoms with E-state index in [2.05, 4.69) is 16.7 Å². The molecule has 9 heteroatoms. The SMILES string of the molecule is C#CN(C(=O)C(Cc1ccc(O)cc1)NC(=O)OC(C)(C)C)C(C(=O)NCc1ccccc1)c1ccc(O)c(C)c1. The molecule has 0 radical (unpaired) electrons. The summed E-state index contributed by atoms with van der Waals surface area (Å²) in [7, 11) is 0. The van der Waals surface area contributed by atoms with Crippen molar-refractivity contribution in [2.45, 2.75) is 58.3 Å². The predicted octanol–water partition coefficient (Wildman–Crippen LogP) is 4.32. The summed E-state index contributed by atoms with van der Waals surface area (Å²) in [6.07, 6.45) is 5.02. The fraction of sp³-hybridized carbons (Fsp3) is 0.281. The van der Waals surface area contributed by atoms with Crippen LogP contribution in [0.1, 0.15) is 49.1 Å². The molecule has 9 nitrogen and oxygen atoms in total. The number of rotatable bonds is 9. The Labute approximate surface area is 240 Å². The third kappa shape index (κ3) is 8.77. The van der Waals surface area contributed by atoms with Crippen LogP contribution in [-0.2, 0) is 27.3 Å². The van der Waals surface area contributed by atoms with Crippen LogP contribution in [0, 0.1) is 19.4 Å². The van der Waals surface area contributed by atoms with Crippen LogP contribution in [0.25, 0.3) is 0 Å². The standard InChI is InChI=1S/C32H35N3O6/c1-6-35(30(39)26(34-31(40)41-32(3,4)5)19-22-12-15-25(36)16-13-22)28(24-14-17-27(37)21(2)18-24)29(38)33-20-23-10-8-7-9-11-23/h1,7-18,26,28,36-37H,19-20H2,2-5H3,(H,33,38)(H,34,40). The number of aryl methyl sites for hydroxylation is 1. The number of alkyl carbamates (subject to hydrolysis) is 1. The van der Waals surface area contributed by atoms with Gasteiger partial charge in [-0.3, -0.25) is 14.5 Å². The fourth-order valence-corrected chi connectivity index (χ4v) is 4.10. The monoisotopic (exact) mass is 557 g/mol. The molecule has 0 spiro atoms. The van der Waals surface area contributed by atoms with Crippen molar-refractivity contribution in [3.63, 3.8) is 0 Å². The zero-order valence-electron chi connectivity index (χ0n) is 23.5. The zero-order valence-corrected chi connectivity index (χ0v) is 23.5. The van der Waals surface area contributed by atoms with Crippen LogP contribution in [0.4, 0.5) is 4.79 Å². The summed E-state index contributed by atoms with van der Waals surface area (Å²) in [5, 5.41) is 25.2. The van der Waals surface area contributed by atoms with Gasteiger partial charge in [0.2, 0.25) is 5.91 Å². The second kappa shape index (κ2) is 13.4. The number of aromatic hydroxyl groups is 2. The summed E-state index contributed by atoms with van der Waals surface area (Å²) >= 11 is 0. The Balaban J connectivity index is 1.99. The lowest BCUT2D eigenvalue weighted by Gasteiger charge is -2.30. The molecule has 0 saturated carbocycles. The highest BCUT2D eigenvalue weighted by Gasteiger charge is 2.36. The quantitative estimate of drug-likeness (QED) is 0.229. The van der Waals surface area contributed by atoms with E-state index in [4.69, 9.17) is 11.2 Å². The Morgan fingerprint density at radius 2 is 1.63 bits per heavy atom. The highest BCUT2D eigenvalue weighted by Crippen LogP contribution is 2.27. The Kier molecular flexibility index (Phi) is 9.99. The van der Waals surface area contributed by atoms with Crippen LogP contribution in [0.5, 0.6) is 11.5 Å². The van der Waals surface area contributed by atoms with Crippen molar-refractivity contribution in [2.75, 3.05) is 0 Å². The van der Waals surface area contributed by atoms with Crippen molar-refractivity contribution in [3.8, 4) is 24.0 Å². The minimum atomic E-state index is -1.28. The highest BCUT2D eigenvalue weighted by molar-refractivity contribution is 5.93. The summed E-state index contributed by atoms with van der Waals surface area (Å²) in [5.41, 5.74) is 1.50. The number of nitrogens with one attached hydrogen (secondary N) is 2. The molecule has 0 fully saturated rings. The van der Waals surface area contributed by atoms with Gasteiger partial charge in [-0.25, -0.2) is 4.79 Å². The lowest BCUT2D eigenvalue weighted by Crippen LogP contribution is -2.52. The minimum absolute atomic E-state index is 0.00347. The Morgan fingerprint density at radius 3 is 2.22 bits per heavy atom. The van der Waals surface area contributed by atoms with Gasteiger partial charge in [0.25, 0.3) is 5.91 Å². The molecule has 3 rings (SSSR count). The fourth-order valence-electron chi connectivity index (χ4n) is 4.10. The molecule has 3 aromatic rings. The third-order valence-electron chi connectivity index (χ3n) is 6.09. The van der Waals surface area contributed by atoms with Gasteiger partial charge < -0.3 is 25.6 Å². The van der Waals surface area contributed by atoms with Crippen LogP contribution in [0.3, 0.4) is 0 Å². The van der Waals surface area contributed by atoms with Crippen molar-refractivity contribution in [1.82, 2.24) is 15.5 Å². The molecule has 3 amide bonds. The lowest BCUT2D eigenvalue weighted by atomic mass is 9.99. The normalized spacial score (nSPS) is 12.4. The number of hydrogen-bond acceptors (Lipinski definition) is 6. The van der Waals surface area contributed by atoms with E-state index < -0.39 is 35.6 Å². The molecule has 2 atom stereocenters. The first-order valence-electron chi connectivity index (χ1n) is 13.1. The van der Waals surface area contributed by atoms with Gasteiger partial charge >= 0.3 is 6.09 Å². The summed E-state index contributed by atoms with van der Waals surface area (Å²) in [6.45, 7) is 6.93. The molecule has 0 aliphatic rings. The van der Waals surface area contributed by atoms with Gasteiger partial charge in [0.05, 0.1) is 0 Å². The van der Waals surface area contributed by atoms with Gasteiger partial charge in [0, 0.05) is 19.0 Å². The van der Waals surface area contributed by atoms with Crippen LogP contribution in [0.2, 0.25) is 0 Å². The number of phenols is 2. The maximum atomic E-state index is 14.0. The number of ether oxygens (including phenoxy) is 1. The van der Waals surface area contributed by atoms with Gasteiger partial charge in [0.15, 0.2) is 0 Å². The Morgan fingerprint density at radius 1 is 0.976 bits per heavy atom. The first-order valence-corrected chi connectivity index (χ1v) is 13.1. The van der Waals surface area contributed by atoms with Gasteiger partial charge in [-0.05, 0) is 74.2 Å². The van der Waals surface area contributed by atoms with Gasteiger partial charge in [-0.2, -0.15) is 0 Å². The van der Waals surface area contributed by atoms with E-state index in [1.807, 2.05) is 30.3 Å². The summed E-state index contributed by atoms with van der Waals surface area (Å²) in [5.74, 6) is -1.21. The van der Waals surface area contributed by atoms with Crippen molar-refractivity contribution in [3.05, 3.63) is 95.1 Å². The number of nitrogens with zero attached hydrogens (tertiary/aromatic N) is 1. The summed E-state index contributed by atoms with van der Waals surface area (Å²) in [4.78, 5) is 41.4. The van der Waals surface area contributed by atoms with Gasteiger partial charge in [0.1, 0.15) is 29.2 Å². The van der Waals surface area contributed by atoms with Crippen molar-refractivity contribution < 1.29 is 29.3 Å². The number of carbonyl (C=O) groups excluding carboxylic acids is 3. The molecule has 3 aromatic carbocycles. The van der Waals surface area contributed by atoms with Crippen molar-refractivity contribution in [1.29, 1.82) is 0 Å². The molecule has 4 N–H and O–H groups in total. The number of amides is 3. The van der Waals surface area contributed by atoms with Gasteiger partial charge in [-0.15, -0.1) is 0 Å². The van der Waals surface area contributed by atoms with E-state index in [-0.39, 0.29) is 24.5 Å². The van der Waals surface area contributed by atoms with E-state index in [0.717, 1.165) is 10.5 Å². The molecule has 41 heavy (non-hydrogen) atoms. The molecule has 0 bridgehead atoms. The summed E-state index contributed by atoms with van der Waals surface area (Å²) in [6, 6.07) is 19.8. The van der Waals surface area contributed by atoms with Crippen LogP contribution >= 0.6 is 0 Å². The van der Waals surface area contributed by atoms with Crippen molar-refractivity contribution >= 4 is 17.9 Å². The molecule has 2 unspecified atom stereocenters. The predicted molar refractivity (Wildman–Crippen MR) is 155 cm³/mol. The van der Waals surface area contributed by atoms with Crippen molar-refractivity contribution in [2.24, 2.45) is 0 Å². The molecular formula is C32H35N3O6. The molecule has 0 aliphatic carbocycles. The topological polar surface area (TPSA) is 128 Å².